The van der Waals surface area contributed by atoms with Gasteiger partial charge in [0.15, 0.2) is 5.78 Å². The van der Waals surface area contributed by atoms with E-state index in [1.165, 1.54) is 6.07 Å². The average molecular weight is 490 g/mol. The molecule has 2 heterocycles. The van der Waals surface area contributed by atoms with Gasteiger partial charge in [0.1, 0.15) is 28.7 Å². The van der Waals surface area contributed by atoms with Crippen LogP contribution in [-0.4, -0.2) is 28.9 Å². The highest BCUT2D eigenvalue weighted by Crippen LogP contribution is 2.32. The molecule has 0 spiro atoms. The number of ketones is 1. The first-order valence-electron chi connectivity index (χ1n) is 11.9. The molecule has 184 valence electrons. The number of aryl methyl sites for hydroxylation is 1. The fourth-order valence-electron chi connectivity index (χ4n) is 4.99. The minimum absolute atomic E-state index is 0.0255. The van der Waals surface area contributed by atoms with Crippen LogP contribution < -0.4 is 5.43 Å². The van der Waals surface area contributed by atoms with Crippen molar-refractivity contribution in [2.75, 3.05) is 13.1 Å². The van der Waals surface area contributed by atoms with Crippen LogP contribution in [0.4, 0.5) is 8.78 Å². The van der Waals surface area contributed by atoms with E-state index in [1.54, 1.807) is 13.0 Å². The number of fused-ring (bicyclic) bond motifs is 1. The topological polar surface area (TPSA) is 70.8 Å². The lowest BCUT2D eigenvalue weighted by Gasteiger charge is -2.31. The second-order valence-electron chi connectivity index (χ2n) is 9.21. The smallest absolute Gasteiger partial charge is 0.200 e. The van der Waals surface area contributed by atoms with E-state index in [1.807, 2.05) is 30.3 Å². The third kappa shape index (κ3) is 4.42. The third-order valence-corrected chi connectivity index (χ3v) is 6.91. The molecule has 0 bridgehead atoms. The average Bonchev–Trinajstić information content (AvgIpc) is 2.88. The van der Waals surface area contributed by atoms with Crippen molar-refractivity contribution in [3.8, 4) is 16.9 Å². The van der Waals surface area contributed by atoms with Crippen LogP contribution in [0.1, 0.15) is 34.5 Å². The van der Waals surface area contributed by atoms with Gasteiger partial charge in [-0.2, -0.15) is 0 Å². The normalized spacial score (nSPS) is 14.9. The van der Waals surface area contributed by atoms with E-state index >= 15 is 0 Å². The summed E-state index contributed by atoms with van der Waals surface area (Å²) in [5, 5.41) is 11.0. The Morgan fingerprint density at radius 3 is 2.50 bits per heavy atom. The van der Waals surface area contributed by atoms with Crippen molar-refractivity contribution in [3.63, 3.8) is 0 Å². The molecule has 1 fully saturated rings. The molecule has 0 radical (unpaired) electrons. The second kappa shape index (κ2) is 9.66. The van der Waals surface area contributed by atoms with Gasteiger partial charge in [0.05, 0.1) is 22.1 Å². The van der Waals surface area contributed by atoms with Crippen LogP contribution in [-0.2, 0) is 6.54 Å². The molecule has 0 unspecified atom stereocenters. The minimum Gasteiger partial charge on any atom is -0.507 e. The summed E-state index contributed by atoms with van der Waals surface area (Å²) in [4.78, 5) is 28.2. The predicted octanol–water partition coefficient (Wildman–Crippen LogP) is 5.85. The van der Waals surface area contributed by atoms with Crippen LogP contribution >= 0.6 is 0 Å². The highest BCUT2D eigenvalue weighted by molar-refractivity contribution is 5.98. The zero-order chi connectivity index (χ0) is 25.4. The minimum atomic E-state index is -0.718. The number of carbonyl (C=O) groups excluding carboxylic acids is 1. The quantitative estimate of drug-likeness (QED) is 0.356. The Morgan fingerprint density at radius 2 is 1.78 bits per heavy atom. The summed E-state index contributed by atoms with van der Waals surface area (Å²) in [6.07, 6.45) is 0.947. The lowest BCUT2D eigenvalue weighted by Crippen LogP contribution is -2.36. The lowest BCUT2D eigenvalue weighted by molar-refractivity contribution is 0.0829. The number of piperidine rings is 1. The molecule has 36 heavy (non-hydrogen) atoms. The zero-order valence-corrected chi connectivity index (χ0v) is 19.8. The Kier molecular flexibility index (Phi) is 6.41. The first kappa shape index (κ1) is 23.9. The maximum absolute atomic E-state index is 14.1. The zero-order valence-electron chi connectivity index (χ0n) is 19.8. The summed E-state index contributed by atoms with van der Waals surface area (Å²) < 4.78 is 33.7. The maximum Gasteiger partial charge on any atom is 0.200 e. The van der Waals surface area contributed by atoms with Gasteiger partial charge in [-0.1, -0.05) is 30.3 Å². The van der Waals surface area contributed by atoms with Crippen LogP contribution in [0.25, 0.3) is 22.1 Å². The Hall–Kier alpha value is -3.84. The van der Waals surface area contributed by atoms with Crippen LogP contribution in [0.2, 0.25) is 0 Å². The molecule has 1 N–H and O–H groups in total. The summed E-state index contributed by atoms with van der Waals surface area (Å²) in [6.45, 7) is 3.11. The van der Waals surface area contributed by atoms with Gasteiger partial charge in [-0.05, 0) is 68.8 Å². The van der Waals surface area contributed by atoms with Gasteiger partial charge in [0, 0.05) is 12.5 Å². The molecule has 1 aliphatic heterocycles. The maximum atomic E-state index is 14.1. The van der Waals surface area contributed by atoms with Gasteiger partial charge in [-0.3, -0.25) is 14.5 Å². The molecule has 0 aliphatic carbocycles. The molecule has 0 saturated carbocycles. The van der Waals surface area contributed by atoms with E-state index in [2.05, 4.69) is 4.90 Å². The second-order valence-corrected chi connectivity index (χ2v) is 9.21. The van der Waals surface area contributed by atoms with E-state index in [-0.39, 0.29) is 16.7 Å². The van der Waals surface area contributed by atoms with Crippen LogP contribution in [0.15, 0.2) is 69.9 Å². The summed E-state index contributed by atoms with van der Waals surface area (Å²) in [5.41, 5.74) is 1.73. The summed E-state index contributed by atoms with van der Waals surface area (Å²) in [6, 6.07) is 15.3. The van der Waals surface area contributed by atoms with E-state index in [4.69, 9.17) is 4.42 Å². The number of phenolic OH excluding ortho intramolecular Hbond substituents is 1. The Balaban J connectivity index is 1.39. The van der Waals surface area contributed by atoms with Crippen LogP contribution in [0.3, 0.4) is 0 Å². The fraction of sp³-hybridized carbons (Fsp3) is 0.241. The monoisotopic (exact) mass is 489 g/mol. The number of likely N-dealkylation sites (tertiary alicyclic amines) is 1. The molecule has 1 saturated heterocycles. The van der Waals surface area contributed by atoms with Gasteiger partial charge in [0.25, 0.3) is 0 Å². The van der Waals surface area contributed by atoms with Crippen molar-refractivity contribution in [1.82, 2.24) is 4.90 Å². The van der Waals surface area contributed by atoms with Gasteiger partial charge >= 0.3 is 0 Å². The van der Waals surface area contributed by atoms with Crippen molar-refractivity contribution in [2.24, 2.45) is 5.92 Å². The van der Waals surface area contributed by atoms with E-state index in [0.717, 1.165) is 23.8 Å². The Morgan fingerprint density at radius 1 is 1.06 bits per heavy atom. The first-order chi connectivity index (χ1) is 17.3. The van der Waals surface area contributed by atoms with Crippen LogP contribution in [0, 0.1) is 24.5 Å². The predicted molar refractivity (Wildman–Crippen MR) is 133 cm³/mol. The number of nitrogens with zero attached hydrogens (tertiary/aromatic N) is 1. The molecule has 0 amide bonds. The molecule has 5 nitrogen and oxygen atoms in total. The first-order valence-corrected chi connectivity index (χ1v) is 11.9. The highest BCUT2D eigenvalue weighted by Gasteiger charge is 2.29. The van der Waals surface area contributed by atoms with Gasteiger partial charge in [-0.25, -0.2) is 8.78 Å². The number of hydrogen-bond donors (Lipinski definition) is 1. The number of rotatable bonds is 5. The van der Waals surface area contributed by atoms with Crippen molar-refractivity contribution >= 4 is 16.8 Å². The van der Waals surface area contributed by atoms with Crippen molar-refractivity contribution < 1.29 is 23.1 Å². The van der Waals surface area contributed by atoms with E-state index < -0.39 is 23.3 Å². The van der Waals surface area contributed by atoms with Crippen LogP contribution in [0.5, 0.6) is 5.75 Å². The number of benzene rings is 3. The molecular formula is C29H25F2NO4. The number of aromatic hydroxyl groups is 1. The largest absolute Gasteiger partial charge is 0.507 e. The van der Waals surface area contributed by atoms with Crippen molar-refractivity contribution in [3.05, 3.63) is 99.4 Å². The number of carbonyl (C=O) groups is 1. The third-order valence-electron chi connectivity index (χ3n) is 6.91. The summed E-state index contributed by atoms with van der Waals surface area (Å²) >= 11 is 0. The molecule has 3 aromatic carbocycles. The summed E-state index contributed by atoms with van der Waals surface area (Å²) in [7, 11) is 0. The molecule has 7 heteroatoms. The summed E-state index contributed by atoms with van der Waals surface area (Å²) in [5.74, 6) is -1.67. The Labute approximate surface area is 206 Å². The number of hydrogen-bond acceptors (Lipinski definition) is 5. The Bertz CT molecular complexity index is 1510. The van der Waals surface area contributed by atoms with Gasteiger partial charge < -0.3 is 9.52 Å². The van der Waals surface area contributed by atoms with Crippen molar-refractivity contribution in [1.29, 1.82) is 0 Å². The highest BCUT2D eigenvalue weighted by atomic mass is 19.1. The van der Waals surface area contributed by atoms with E-state index in [0.29, 0.717) is 60.3 Å². The molecule has 1 aliphatic rings. The van der Waals surface area contributed by atoms with Gasteiger partial charge in [-0.15, -0.1) is 0 Å². The van der Waals surface area contributed by atoms with Gasteiger partial charge in [0.2, 0.25) is 5.43 Å². The number of Topliss-reactive ketones (excluding diaryl/α,β-unsaturated/α-hetero) is 1. The van der Waals surface area contributed by atoms with Crippen molar-refractivity contribution in [2.45, 2.75) is 26.3 Å². The fourth-order valence-corrected chi connectivity index (χ4v) is 4.99. The molecule has 5 rings (SSSR count). The lowest BCUT2D eigenvalue weighted by atomic mass is 9.88. The molecular weight excluding hydrogens is 464 g/mol. The van der Waals surface area contributed by atoms with E-state index in [9.17, 15) is 23.5 Å². The number of phenols is 1. The standard InChI is InChI=1S/C29H25F2NO4/c1-17-26(18-5-3-2-4-6-18)28(35)21-8-10-25(33)23(29(21)36-17)16-32-13-11-19(12-14-32)27(34)22-15-20(30)7-9-24(22)31/h2-10,15,19,33H,11-14,16H2,1H3. The SMILES string of the molecule is Cc1oc2c(CN3CCC(C(=O)c4cc(F)ccc4F)CC3)c(O)ccc2c(=O)c1-c1ccccc1. The molecule has 1 aromatic heterocycles. The molecule has 0 atom stereocenters. The number of halogens is 2. The molecule has 4 aromatic rings.